The van der Waals surface area contributed by atoms with Crippen LogP contribution in [-0.2, 0) is 0 Å². The molecule has 0 bridgehead atoms. The van der Waals surface area contributed by atoms with Gasteiger partial charge in [-0.1, -0.05) is 15.9 Å². The second-order valence-corrected chi connectivity index (χ2v) is 7.14. The third-order valence-electron chi connectivity index (χ3n) is 4.39. The number of methoxy groups -OCH3 is 2. The number of nitrogens with one attached hydrogen (secondary N) is 1. The van der Waals surface area contributed by atoms with E-state index in [1.54, 1.807) is 37.4 Å². The normalized spacial score (nSPS) is 10.7. The zero-order chi connectivity index (χ0) is 20.4. The van der Waals surface area contributed by atoms with Crippen molar-refractivity contribution >= 4 is 38.6 Å². The van der Waals surface area contributed by atoms with Crippen LogP contribution in [0.25, 0.3) is 22.6 Å². The number of benzene rings is 3. The predicted octanol–water partition coefficient (Wildman–Crippen LogP) is 5.53. The van der Waals surface area contributed by atoms with Crippen LogP contribution in [-0.4, -0.2) is 25.1 Å². The molecule has 0 saturated heterocycles. The number of anilines is 1. The molecule has 0 saturated carbocycles. The van der Waals surface area contributed by atoms with Crippen molar-refractivity contribution in [2.45, 2.75) is 0 Å². The summed E-state index contributed by atoms with van der Waals surface area (Å²) in [6, 6.07) is 18.0. The Hall–Kier alpha value is -3.32. The minimum Gasteiger partial charge on any atom is -0.497 e. The number of nitrogens with zero attached hydrogens (tertiary/aromatic N) is 1. The van der Waals surface area contributed by atoms with E-state index in [1.165, 1.54) is 7.11 Å². The lowest BCUT2D eigenvalue weighted by Crippen LogP contribution is -2.13. The maximum atomic E-state index is 12.7. The maximum Gasteiger partial charge on any atom is 0.259 e. The first-order valence-corrected chi connectivity index (χ1v) is 9.56. The van der Waals surface area contributed by atoms with Gasteiger partial charge in [0.1, 0.15) is 17.0 Å². The van der Waals surface area contributed by atoms with Gasteiger partial charge in [-0.3, -0.25) is 4.79 Å². The second-order valence-electron chi connectivity index (χ2n) is 6.23. The predicted molar refractivity (Wildman–Crippen MR) is 115 cm³/mol. The summed E-state index contributed by atoms with van der Waals surface area (Å²) < 4.78 is 17.1. The van der Waals surface area contributed by atoms with Crippen molar-refractivity contribution in [1.82, 2.24) is 4.98 Å². The number of rotatable bonds is 5. The van der Waals surface area contributed by atoms with Crippen molar-refractivity contribution in [3.63, 3.8) is 0 Å². The van der Waals surface area contributed by atoms with E-state index < -0.39 is 0 Å². The van der Waals surface area contributed by atoms with Crippen LogP contribution in [0.4, 0.5) is 5.69 Å². The van der Waals surface area contributed by atoms with E-state index in [0.29, 0.717) is 34.0 Å². The van der Waals surface area contributed by atoms with Gasteiger partial charge >= 0.3 is 0 Å². The van der Waals surface area contributed by atoms with Crippen molar-refractivity contribution < 1.29 is 18.7 Å². The number of aromatic nitrogens is 1. The van der Waals surface area contributed by atoms with Gasteiger partial charge in [-0.05, 0) is 60.7 Å². The molecular formula is C22H17BrN2O4. The Morgan fingerprint density at radius 2 is 1.79 bits per heavy atom. The molecular weight excluding hydrogens is 436 g/mol. The molecule has 7 heteroatoms. The van der Waals surface area contributed by atoms with Crippen LogP contribution in [0.1, 0.15) is 10.4 Å². The fraction of sp³-hybridized carbons (Fsp3) is 0.0909. The van der Waals surface area contributed by atoms with Gasteiger partial charge in [0.15, 0.2) is 5.58 Å². The van der Waals surface area contributed by atoms with Crippen molar-refractivity contribution in [3.05, 3.63) is 70.7 Å². The molecule has 4 rings (SSSR count). The van der Waals surface area contributed by atoms with E-state index >= 15 is 0 Å². The van der Waals surface area contributed by atoms with Gasteiger partial charge in [0.05, 0.1) is 19.8 Å². The molecule has 1 N–H and O–H groups in total. The van der Waals surface area contributed by atoms with Crippen LogP contribution in [0, 0.1) is 0 Å². The van der Waals surface area contributed by atoms with E-state index in [1.807, 2.05) is 30.3 Å². The summed E-state index contributed by atoms with van der Waals surface area (Å²) >= 11 is 3.38. The fourth-order valence-corrected chi connectivity index (χ4v) is 3.28. The quantitative estimate of drug-likeness (QED) is 0.431. The molecule has 0 radical (unpaired) electrons. The third kappa shape index (κ3) is 3.95. The molecule has 0 aliphatic heterocycles. The van der Waals surface area contributed by atoms with Gasteiger partial charge in [0, 0.05) is 15.7 Å². The Bertz CT molecular complexity index is 1190. The van der Waals surface area contributed by atoms with Crippen LogP contribution in [0.15, 0.2) is 69.6 Å². The van der Waals surface area contributed by atoms with Gasteiger partial charge in [-0.15, -0.1) is 0 Å². The Labute approximate surface area is 175 Å². The van der Waals surface area contributed by atoms with Crippen LogP contribution >= 0.6 is 15.9 Å². The first kappa shape index (κ1) is 19.0. The lowest BCUT2D eigenvalue weighted by Gasteiger charge is -2.09. The van der Waals surface area contributed by atoms with Gasteiger partial charge in [0.25, 0.3) is 5.91 Å². The number of carbonyl (C=O) groups is 1. The first-order chi connectivity index (χ1) is 14.1. The van der Waals surface area contributed by atoms with Gasteiger partial charge in [-0.2, -0.15) is 0 Å². The van der Waals surface area contributed by atoms with Crippen molar-refractivity contribution in [2.75, 3.05) is 19.5 Å². The highest BCUT2D eigenvalue weighted by atomic mass is 79.9. The van der Waals surface area contributed by atoms with Crippen LogP contribution < -0.4 is 14.8 Å². The number of halogens is 1. The Balaban J connectivity index is 1.60. The number of carbonyl (C=O) groups excluding carboxylic acids is 1. The fourth-order valence-electron chi connectivity index (χ4n) is 2.92. The average molecular weight is 453 g/mol. The molecule has 1 amide bonds. The second kappa shape index (κ2) is 7.97. The molecule has 4 aromatic rings. The number of amides is 1. The van der Waals surface area contributed by atoms with E-state index in [4.69, 9.17) is 13.9 Å². The summed E-state index contributed by atoms with van der Waals surface area (Å²) in [6.45, 7) is 0. The van der Waals surface area contributed by atoms with Crippen molar-refractivity contribution in [3.8, 4) is 23.0 Å². The highest BCUT2D eigenvalue weighted by Gasteiger charge is 2.15. The number of hydrogen-bond donors (Lipinski definition) is 1. The summed E-state index contributed by atoms with van der Waals surface area (Å²) in [7, 11) is 3.15. The molecule has 1 aromatic heterocycles. The molecule has 29 heavy (non-hydrogen) atoms. The zero-order valence-electron chi connectivity index (χ0n) is 15.7. The lowest BCUT2D eigenvalue weighted by molar-refractivity contribution is 0.102. The van der Waals surface area contributed by atoms with Gasteiger partial charge in [0.2, 0.25) is 5.89 Å². The Kier molecular flexibility index (Phi) is 5.22. The highest BCUT2D eigenvalue weighted by Crippen LogP contribution is 2.28. The lowest BCUT2D eigenvalue weighted by atomic mass is 10.2. The van der Waals surface area contributed by atoms with E-state index in [2.05, 4.69) is 26.2 Å². The highest BCUT2D eigenvalue weighted by molar-refractivity contribution is 9.10. The number of hydrogen-bond acceptors (Lipinski definition) is 5. The van der Waals surface area contributed by atoms with Crippen LogP contribution in [0.5, 0.6) is 11.5 Å². The molecule has 0 atom stereocenters. The first-order valence-electron chi connectivity index (χ1n) is 8.77. The molecule has 0 aliphatic rings. The largest absolute Gasteiger partial charge is 0.497 e. The minimum absolute atomic E-state index is 0.277. The summed E-state index contributed by atoms with van der Waals surface area (Å²) in [5, 5.41) is 2.88. The number of ether oxygens (including phenoxy) is 2. The molecule has 3 aromatic carbocycles. The third-order valence-corrected chi connectivity index (χ3v) is 4.88. The molecule has 1 heterocycles. The van der Waals surface area contributed by atoms with E-state index in [-0.39, 0.29) is 5.91 Å². The molecule has 0 spiro atoms. The van der Waals surface area contributed by atoms with Crippen molar-refractivity contribution in [2.24, 2.45) is 0 Å². The Morgan fingerprint density at radius 1 is 1.00 bits per heavy atom. The Morgan fingerprint density at radius 3 is 2.52 bits per heavy atom. The van der Waals surface area contributed by atoms with E-state index in [0.717, 1.165) is 15.8 Å². The average Bonchev–Trinajstić information content (AvgIpc) is 3.17. The number of fused-ring (bicyclic) bond motifs is 1. The molecule has 0 fully saturated rings. The van der Waals surface area contributed by atoms with E-state index in [9.17, 15) is 4.79 Å². The molecule has 6 nitrogen and oxygen atoms in total. The molecule has 0 aliphatic carbocycles. The minimum atomic E-state index is -0.277. The van der Waals surface area contributed by atoms with Crippen molar-refractivity contribution in [1.29, 1.82) is 0 Å². The number of oxazole rings is 1. The maximum absolute atomic E-state index is 12.7. The zero-order valence-corrected chi connectivity index (χ0v) is 17.3. The van der Waals surface area contributed by atoms with Gasteiger partial charge < -0.3 is 19.2 Å². The van der Waals surface area contributed by atoms with Crippen LogP contribution in [0.3, 0.4) is 0 Å². The molecule has 0 unspecified atom stereocenters. The summed E-state index contributed by atoms with van der Waals surface area (Å²) in [4.78, 5) is 17.2. The monoisotopic (exact) mass is 452 g/mol. The van der Waals surface area contributed by atoms with Gasteiger partial charge in [-0.25, -0.2) is 4.98 Å². The van der Waals surface area contributed by atoms with Crippen LogP contribution in [0.2, 0.25) is 0 Å². The topological polar surface area (TPSA) is 73.6 Å². The SMILES string of the molecule is COc1ccc(-c2nc3cc(NC(=O)c4cc(Br)ccc4OC)ccc3o2)cc1. The summed E-state index contributed by atoms with van der Waals surface area (Å²) in [5.41, 5.74) is 3.16. The molecule has 146 valence electrons. The summed E-state index contributed by atoms with van der Waals surface area (Å²) in [6.07, 6.45) is 0. The summed E-state index contributed by atoms with van der Waals surface area (Å²) in [5.74, 6) is 1.48. The standard InChI is InChI=1S/C22H17BrN2O4/c1-27-16-7-3-13(4-8-16)22-25-18-12-15(6-10-20(18)29-22)24-21(26)17-11-14(23)5-9-19(17)28-2/h3-12H,1-2H3,(H,24,26). The smallest absolute Gasteiger partial charge is 0.259 e.